The van der Waals surface area contributed by atoms with Crippen molar-refractivity contribution in [2.24, 2.45) is 0 Å². The summed E-state index contributed by atoms with van der Waals surface area (Å²) in [6.45, 7) is 2.63. The third-order valence-corrected chi connectivity index (χ3v) is 3.33. The van der Waals surface area contributed by atoms with Crippen molar-refractivity contribution in [2.45, 2.75) is 19.5 Å². The minimum atomic E-state index is -4.53. The Kier molecular flexibility index (Phi) is 5.61. The summed E-state index contributed by atoms with van der Waals surface area (Å²) in [5.41, 5.74) is -1.04. The van der Waals surface area contributed by atoms with Crippen molar-refractivity contribution in [3.8, 4) is 0 Å². The van der Waals surface area contributed by atoms with Gasteiger partial charge in [0, 0.05) is 12.6 Å². The van der Waals surface area contributed by atoms with Crippen LogP contribution in [-0.2, 0) is 6.18 Å². The number of carbonyl (C=O) groups excluding carboxylic acids is 1. The van der Waals surface area contributed by atoms with Gasteiger partial charge in [0.2, 0.25) is 0 Å². The van der Waals surface area contributed by atoms with Crippen molar-refractivity contribution in [2.75, 3.05) is 17.2 Å². The number of hydrogen-bond acceptors (Lipinski definition) is 4. The first-order valence-electron chi connectivity index (χ1n) is 7.05. The molecule has 2 N–H and O–H groups in total. The molecular formula is C15H14ClF3N4O. The second kappa shape index (κ2) is 7.48. The largest absolute Gasteiger partial charge is 0.416 e. The molecule has 128 valence electrons. The molecular weight excluding hydrogens is 345 g/mol. The fourth-order valence-corrected chi connectivity index (χ4v) is 1.98. The molecule has 2 rings (SSSR count). The number of nitrogens with zero attached hydrogens (tertiary/aromatic N) is 2. The van der Waals surface area contributed by atoms with Crippen molar-refractivity contribution in [1.29, 1.82) is 0 Å². The molecule has 0 bridgehead atoms. The molecule has 0 radical (unpaired) electrons. The van der Waals surface area contributed by atoms with E-state index < -0.39 is 17.6 Å². The predicted molar refractivity (Wildman–Crippen MR) is 85.2 cm³/mol. The number of anilines is 2. The number of benzene rings is 1. The van der Waals surface area contributed by atoms with Crippen LogP contribution in [0.5, 0.6) is 0 Å². The third-order valence-electron chi connectivity index (χ3n) is 3.00. The van der Waals surface area contributed by atoms with Gasteiger partial charge in [-0.05, 0) is 24.6 Å². The number of nitrogens with one attached hydrogen (secondary N) is 2. The second-order valence-corrected chi connectivity index (χ2v) is 5.27. The first-order chi connectivity index (χ1) is 11.3. The summed E-state index contributed by atoms with van der Waals surface area (Å²) in [7, 11) is 0. The Morgan fingerprint density at radius 1 is 1.25 bits per heavy atom. The standard InChI is InChI=1S/C15H14ClF3N4O/c1-2-5-20-13-7-12(21-8-22-13)14(24)23-11-6-9(15(17,18)19)3-4-10(11)16/h3-4,6-8H,2,5H2,1H3,(H,23,24)(H,20,21,22). The summed E-state index contributed by atoms with van der Waals surface area (Å²) in [5.74, 6) is -0.231. The van der Waals surface area contributed by atoms with E-state index in [0.717, 1.165) is 24.6 Å². The predicted octanol–water partition coefficient (Wildman–Crippen LogP) is 4.22. The Morgan fingerprint density at radius 3 is 2.67 bits per heavy atom. The van der Waals surface area contributed by atoms with Crippen LogP contribution in [0, 0.1) is 0 Å². The Labute approximate surface area is 141 Å². The molecule has 0 fully saturated rings. The lowest BCUT2D eigenvalue weighted by Gasteiger charge is -2.11. The van der Waals surface area contributed by atoms with Gasteiger partial charge in [-0.1, -0.05) is 18.5 Å². The van der Waals surface area contributed by atoms with E-state index in [1.807, 2.05) is 6.92 Å². The first kappa shape index (κ1) is 18.0. The molecule has 0 unspecified atom stereocenters. The Morgan fingerprint density at radius 2 is 2.00 bits per heavy atom. The maximum atomic E-state index is 12.7. The lowest BCUT2D eigenvalue weighted by atomic mass is 10.2. The van der Waals surface area contributed by atoms with Crippen molar-refractivity contribution in [3.63, 3.8) is 0 Å². The summed E-state index contributed by atoms with van der Waals surface area (Å²) in [5, 5.41) is 5.32. The summed E-state index contributed by atoms with van der Waals surface area (Å²) in [6, 6.07) is 4.10. The Balaban J connectivity index is 2.20. The van der Waals surface area contributed by atoms with Gasteiger partial charge in [0.25, 0.3) is 5.91 Å². The van der Waals surface area contributed by atoms with Crippen LogP contribution in [0.2, 0.25) is 5.02 Å². The van der Waals surface area contributed by atoms with Crippen LogP contribution in [-0.4, -0.2) is 22.4 Å². The van der Waals surface area contributed by atoms with E-state index in [2.05, 4.69) is 20.6 Å². The number of alkyl halides is 3. The molecule has 0 aliphatic heterocycles. The van der Waals surface area contributed by atoms with Crippen LogP contribution >= 0.6 is 11.6 Å². The van der Waals surface area contributed by atoms with Crippen molar-refractivity contribution in [1.82, 2.24) is 9.97 Å². The number of aromatic nitrogens is 2. The number of amides is 1. The van der Waals surface area contributed by atoms with Gasteiger partial charge < -0.3 is 10.6 Å². The van der Waals surface area contributed by atoms with Crippen LogP contribution in [0.15, 0.2) is 30.6 Å². The van der Waals surface area contributed by atoms with Gasteiger partial charge in [-0.3, -0.25) is 4.79 Å². The van der Waals surface area contributed by atoms with Gasteiger partial charge >= 0.3 is 6.18 Å². The molecule has 0 saturated heterocycles. The molecule has 9 heteroatoms. The van der Waals surface area contributed by atoms with E-state index in [0.29, 0.717) is 12.4 Å². The van der Waals surface area contributed by atoms with E-state index in [-0.39, 0.29) is 16.4 Å². The zero-order valence-corrected chi connectivity index (χ0v) is 13.4. The highest BCUT2D eigenvalue weighted by molar-refractivity contribution is 6.33. The molecule has 1 aromatic heterocycles. The molecule has 0 spiro atoms. The van der Waals surface area contributed by atoms with Gasteiger partial charge in [-0.25, -0.2) is 9.97 Å². The van der Waals surface area contributed by atoms with Crippen LogP contribution in [0.25, 0.3) is 0 Å². The molecule has 0 saturated carbocycles. The van der Waals surface area contributed by atoms with Gasteiger partial charge in [-0.2, -0.15) is 13.2 Å². The average Bonchev–Trinajstić information content (AvgIpc) is 2.54. The summed E-state index contributed by atoms with van der Waals surface area (Å²) < 4.78 is 38.2. The summed E-state index contributed by atoms with van der Waals surface area (Å²) >= 11 is 5.85. The highest BCUT2D eigenvalue weighted by Gasteiger charge is 2.31. The zero-order chi connectivity index (χ0) is 17.7. The molecule has 1 amide bonds. The summed E-state index contributed by atoms with van der Waals surface area (Å²) in [4.78, 5) is 20.0. The monoisotopic (exact) mass is 358 g/mol. The minimum Gasteiger partial charge on any atom is -0.370 e. The number of halogens is 4. The Bertz CT molecular complexity index is 737. The fourth-order valence-electron chi connectivity index (χ4n) is 1.81. The van der Waals surface area contributed by atoms with Crippen molar-refractivity contribution >= 4 is 29.0 Å². The lowest BCUT2D eigenvalue weighted by Crippen LogP contribution is -2.16. The quantitative estimate of drug-likeness (QED) is 0.839. The van der Waals surface area contributed by atoms with Gasteiger partial charge in [0.05, 0.1) is 16.3 Å². The first-order valence-corrected chi connectivity index (χ1v) is 7.43. The molecule has 5 nitrogen and oxygen atoms in total. The highest BCUT2D eigenvalue weighted by atomic mass is 35.5. The molecule has 0 aliphatic rings. The average molecular weight is 359 g/mol. The molecule has 1 heterocycles. The summed E-state index contributed by atoms with van der Waals surface area (Å²) in [6.07, 6.45) is -2.47. The minimum absolute atomic E-state index is 0.00487. The molecule has 0 aliphatic carbocycles. The maximum Gasteiger partial charge on any atom is 0.416 e. The number of rotatable bonds is 5. The van der Waals surface area contributed by atoms with Crippen LogP contribution < -0.4 is 10.6 Å². The third kappa shape index (κ3) is 4.58. The van der Waals surface area contributed by atoms with E-state index >= 15 is 0 Å². The van der Waals surface area contributed by atoms with E-state index in [4.69, 9.17) is 11.6 Å². The second-order valence-electron chi connectivity index (χ2n) is 4.86. The Hall–Kier alpha value is -2.35. The normalized spacial score (nSPS) is 11.2. The van der Waals surface area contributed by atoms with Crippen LogP contribution in [0.3, 0.4) is 0 Å². The number of carbonyl (C=O) groups is 1. The van der Waals surface area contributed by atoms with Crippen molar-refractivity contribution < 1.29 is 18.0 Å². The van der Waals surface area contributed by atoms with E-state index in [1.54, 1.807) is 0 Å². The van der Waals surface area contributed by atoms with E-state index in [1.165, 1.54) is 12.4 Å². The molecule has 1 aromatic carbocycles. The van der Waals surface area contributed by atoms with E-state index in [9.17, 15) is 18.0 Å². The zero-order valence-electron chi connectivity index (χ0n) is 12.6. The van der Waals surface area contributed by atoms with Gasteiger partial charge in [-0.15, -0.1) is 0 Å². The van der Waals surface area contributed by atoms with Gasteiger partial charge in [0.15, 0.2) is 0 Å². The highest BCUT2D eigenvalue weighted by Crippen LogP contribution is 2.33. The smallest absolute Gasteiger partial charge is 0.370 e. The molecule has 2 aromatic rings. The van der Waals surface area contributed by atoms with Crippen LogP contribution in [0.1, 0.15) is 29.4 Å². The van der Waals surface area contributed by atoms with Crippen LogP contribution in [0.4, 0.5) is 24.7 Å². The lowest BCUT2D eigenvalue weighted by molar-refractivity contribution is -0.137. The van der Waals surface area contributed by atoms with Gasteiger partial charge in [0.1, 0.15) is 17.8 Å². The molecule has 24 heavy (non-hydrogen) atoms. The maximum absolute atomic E-state index is 12.7. The molecule has 0 atom stereocenters. The SMILES string of the molecule is CCCNc1cc(C(=O)Nc2cc(C(F)(F)F)ccc2Cl)ncn1. The topological polar surface area (TPSA) is 66.9 Å². The fraction of sp³-hybridized carbons (Fsp3) is 0.267. The van der Waals surface area contributed by atoms with Crippen molar-refractivity contribution in [3.05, 3.63) is 46.9 Å². The number of hydrogen-bond donors (Lipinski definition) is 2.